The summed E-state index contributed by atoms with van der Waals surface area (Å²) in [6, 6.07) is 5.42. The Kier molecular flexibility index (Phi) is 8.18. The highest BCUT2D eigenvalue weighted by Gasteiger charge is 2.06. The molecule has 0 bridgehead atoms. The molecule has 0 atom stereocenters. The number of carbonyl (C=O) groups excluding carboxylic acids is 1. The fourth-order valence-corrected chi connectivity index (χ4v) is 1.88. The number of aliphatic hydroxyl groups is 1. The molecule has 0 heterocycles. The fourth-order valence-electron chi connectivity index (χ4n) is 1.88. The van der Waals surface area contributed by atoms with Gasteiger partial charge in [-0.25, -0.2) is 0 Å². The van der Waals surface area contributed by atoms with Gasteiger partial charge < -0.3 is 15.2 Å². The van der Waals surface area contributed by atoms with Gasteiger partial charge in [0.2, 0.25) is 0 Å². The van der Waals surface area contributed by atoms with E-state index in [0.717, 1.165) is 37.0 Å². The number of ether oxygens (including phenoxy) is 1. The Bertz CT molecular complexity index is 515. The lowest BCUT2D eigenvalue weighted by Gasteiger charge is -2.07. The minimum Gasteiger partial charge on any atom is -0.385 e. The molecule has 0 saturated heterocycles. The summed E-state index contributed by atoms with van der Waals surface area (Å²) >= 11 is 0. The number of methoxy groups -OCH3 is 1. The Labute approximate surface area is 126 Å². The summed E-state index contributed by atoms with van der Waals surface area (Å²) in [7, 11) is 1.69. The Balaban J connectivity index is 2.50. The summed E-state index contributed by atoms with van der Waals surface area (Å²) in [5, 5.41) is 11.6. The highest BCUT2D eigenvalue weighted by Crippen LogP contribution is 2.10. The van der Waals surface area contributed by atoms with Crippen LogP contribution in [-0.4, -0.2) is 37.9 Å². The number of hydrogen-bond donors (Lipinski definition) is 2. The van der Waals surface area contributed by atoms with Gasteiger partial charge in [-0.3, -0.25) is 4.79 Å². The van der Waals surface area contributed by atoms with E-state index in [0.29, 0.717) is 12.1 Å². The molecule has 2 N–H and O–H groups in total. The minimum atomic E-state index is -0.183. The number of benzene rings is 1. The van der Waals surface area contributed by atoms with Gasteiger partial charge in [0, 0.05) is 31.4 Å². The summed E-state index contributed by atoms with van der Waals surface area (Å²) in [4.78, 5) is 12.0. The predicted octanol–water partition coefficient (Wildman–Crippen LogP) is 1.89. The van der Waals surface area contributed by atoms with E-state index in [1.165, 1.54) is 0 Å². The van der Waals surface area contributed by atoms with Crippen molar-refractivity contribution in [1.82, 2.24) is 5.32 Å². The van der Waals surface area contributed by atoms with Gasteiger partial charge in [0.15, 0.2) is 0 Å². The van der Waals surface area contributed by atoms with Crippen LogP contribution < -0.4 is 5.32 Å². The van der Waals surface area contributed by atoms with Gasteiger partial charge in [-0.2, -0.15) is 0 Å². The molecule has 0 aliphatic rings. The SMILES string of the molecule is COCCCCCNC(=O)c1ccc(C)c(C#CCO)c1. The van der Waals surface area contributed by atoms with Gasteiger partial charge in [0.25, 0.3) is 5.91 Å². The number of nitrogens with one attached hydrogen (secondary N) is 1. The number of rotatable bonds is 7. The van der Waals surface area contributed by atoms with E-state index >= 15 is 0 Å². The molecule has 4 nitrogen and oxygen atoms in total. The molecule has 0 aliphatic heterocycles. The Hall–Kier alpha value is -1.83. The Morgan fingerprint density at radius 1 is 1.33 bits per heavy atom. The van der Waals surface area contributed by atoms with Crippen molar-refractivity contribution in [2.75, 3.05) is 26.9 Å². The lowest BCUT2D eigenvalue weighted by atomic mass is 10.0. The number of amides is 1. The first-order valence-electron chi connectivity index (χ1n) is 7.16. The smallest absolute Gasteiger partial charge is 0.251 e. The van der Waals surface area contributed by atoms with Crippen LogP contribution in [0.15, 0.2) is 18.2 Å². The molecule has 0 saturated carbocycles. The highest BCUT2D eigenvalue weighted by atomic mass is 16.5. The van der Waals surface area contributed by atoms with Crippen LogP contribution in [0, 0.1) is 18.8 Å². The summed E-state index contributed by atoms with van der Waals surface area (Å²) in [6.45, 7) is 3.17. The maximum absolute atomic E-state index is 12.0. The van der Waals surface area contributed by atoms with Gasteiger partial charge in [-0.1, -0.05) is 17.9 Å². The van der Waals surface area contributed by atoms with Gasteiger partial charge in [-0.05, 0) is 43.9 Å². The van der Waals surface area contributed by atoms with E-state index in [-0.39, 0.29) is 12.5 Å². The summed E-state index contributed by atoms with van der Waals surface area (Å²) < 4.78 is 4.98. The first-order valence-corrected chi connectivity index (χ1v) is 7.16. The van der Waals surface area contributed by atoms with E-state index in [1.54, 1.807) is 19.2 Å². The first kappa shape index (κ1) is 17.2. The van der Waals surface area contributed by atoms with E-state index in [4.69, 9.17) is 9.84 Å². The zero-order chi connectivity index (χ0) is 15.5. The Morgan fingerprint density at radius 2 is 2.14 bits per heavy atom. The predicted molar refractivity (Wildman–Crippen MR) is 83.2 cm³/mol. The number of unbranched alkanes of at least 4 members (excludes halogenated alkanes) is 2. The molecule has 0 radical (unpaired) electrons. The third-order valence-corrected chi connectivity index (χ3v) is 3.11. The minimum absolute atomic E-state index is 0.0891. The van der Waals surface area contributed by atoms with Crippen LogP contribution in [0.1, 0.15) is 40.7 Å². The second kappa shape index (κ2) is 9.98. The number of carbonyl (C=O) groups is 1. The molecule has 1 amide bonds. The topological polar surface area (TPSA) is 58.6 Å². The van der Waals surface area contributed by atoms with Gasteiger partial charge in [-0.15, -0.1) is 0 Å². The van der Waals surface area contributed by atoms with Crippen molar-refractivity contribution in [2.24, 2.45) is 0 Å². The van der Waals surface area contributed by atoms with Crippen LogP contribution in [0.25, 0.3) is 0 Å². The molecule has 0 fully saturated rings. The van der Waals surface area contributed by atoms with E-state index in [9.17, 15) is 4.79 Å². The lowest BCUT2D eigenvalue weighted by Crippen LogP contribution is -2.24. The normalized spacial score (nSPS) is 9.86. The third kappa shape index (κ3) is 6.44. The van der Waals surface area contributed by atoms with Crippen molar-refractivity contribution in [1.29, 1.82) is 0 Å². The highest BCUT2D eigenvalue weighted by molar-refractivity contribution is 5.94. The van der Waals surface area contributed by atoms with E-state index < -0.39 is 0 Å². The summed E-state index contributed by atoms with van der Waals surface area (Å²) in [5.74, 6) is 5.37. The zero-order valence-electron chi connectivity index (χ0n) is 12.7. The molecule has 4 heteroatoms. The van der Waals surface area contributed by atoms with E-state index in [2.05, 4.69) is 17.2 Å². The molecule has 0 unspecified atom stereocenters. The largest absolute Gasteiger partial charge is 0.385 e. The van der Waals surface area contributed by atoms with Crippen LogP contribution in [0.5, 0.6) is 0 Å². The summed E-state index contributed by atoms with van der Waals surface area (Å²) in [6.07, 6.45) is 2.99. The molecule has 0 spiro atoms. The van der Waals surface area contributed by atoms with Crippen molar-refractivity contribution < 1.29 is 14.6 Å². The summed E-state index contributed by atoms with van der Waals surface area (Å²) in [5.41, 5.74) is 2.36. The monoisotopic (exact) mass is 289 g/mol. The number of hydrogen-bond acceptors (Lipinski definition) is 3. The molecule has 1 aromatic rings. The zero-order valence-corrected chi connectivity index (χ0v) is 12.7. The molecule has 1 aromatic carbocycles. The average molecular weight is 289 g/mol. The fraction of sp³-hybridized carbons (Fsp3) is 0.471. The number of aliphatic hydroxyl groups excluding tert-OH is 1. The molecule has 1 rings (SSSR count). The van der Waals surface area contributed by atoms with Gasteiger partial charge >= 0.3 is 0 Å². The van der Waals surface area contributed by atoms with Crippen molar-refractivity contribution >= 4 is 5.91 Å². The van der Waals surface area contributed by atoms with Gasteiger partial charge in [0.05, 0.1) is 0 Å². The van der Waals surface area contributed by atoms with Crippen molar-refractivity contribution in [3.05, 3.63) is 34.9 Å². The van der Waals surface area contributed by atoms with E-state index in [1.807, 2.05) is 13.0 Å². The van der Waals surface area contributed by atoms with Crippen molar-refractivity contribution in [2.45, 2.75) is 26.2 Å². The average Bonchev–Trinajstić information content (AvgIpc) is 2.49. The molecular weight excluding hydrogens is 266 g/mol. The van der Waals surface area contributed by atoms with Crippen LogP contribution in [-0.2, 0) is 4.74 Å². The molecule has 0 aromatic heterocycles. The molecule has 21 heavy (non-hydrogen) atoms. The van der Waals surface area contributed by atoms with Gasteiger partial charge in [0.1, 0.15) is 6.61 Å². The second-order valence-corrected chi connectivity index (χ2v) is 4.80. The maximum atomic E-state index is 12.0. The quantitative estimate of drug-likeness (QED) is 0.595. The Morgan fingerprint density at radius 3 is 2.86 bits per heavy atom. The first-order chi connectivity index (χ1) is 10.2. The number of aryl methyl sites for hydroxylation is 1. The maximum Gasteiger partial charge on any atom is 0.251 e. The van der Waals surface area contributed by atoms with Crippen LogP contribution in [0.3, 0.4) is 0 Å². The standard InChI is InChI=1S/C17H23NO3/c1-14-8-9-16(13-15(14)7-6-11-19)17(20)18-10-4-3-5-12-21-2/h8-9,13,19H,3-5,10-12H2,1-2H3,(H,18,20). The van der Waals surface area contributed by atoms with Crippen LogP contribution in [0.4, 0.5) is 0 Å². The molecular formula is C17H23NO3. The second-order valence-electron chi connectivity index (χ2n) is 4.80. The molecule has 114 valence electrons. The van der Waals surface area contributed by atoms with Crippen molar-refractivity contribution in [3.63, 3.8) is 0 Å². The third-order valence-electron chi connectivity index (χ3n) is 3.11. The lowest BCUT2D eigenvalue weighted by molar-refractivity contribution is 0.0952. The van der Waals surface area contributed by atoms with Crippen LogP contribution in [0.2, 0.25) is 0 Å². The van der Waals surface area contributed by atoms with Crippen molar-refractivity contribution in [3.8, 4) is 11.8 Å². The molecule has 0 aliphatic carbocycles. The van der Waals surface area contributed by atoms with Crippen LogP contribution >= 0.6 is 0 Å².